The molecule has 0 aromatic carbocycles. The van der Waals surface area contributed by atoms with Gasteiger partial charge in [0.2, 0.25) is 0 Å². The van der Waals surface area contributed by atoms with E-state index < -0.39 is 30.7 Å². The molecule has 2 unspecified atom stereocenters. The van der Waals surface area contributed by atoms with Gasteiger partial charge in [0.05, 0.1) is 6.61 Å². The molecular formula is C6H12O5. The standard InChI is InChI=1S/C6H12O5/c1-4(2-7)6(11,3-8)5(9)10/h4,7-8,11H,2-3H2,1H3,(H,9,10). The van der Waals surface area contributed by atoms with E-state index in [0.717, 1.165) is 0 Å². The Hall–Kier alpha value is -0.650. The van der Waals surface area contributed by atoms with Gasteiger partial charge in [-0.25, -0.2) is 4.79 Å². The van der Waals surface area contributed by atoms with Crippen LogP contribution in [0.15, 0.2) is 0 Å². The summed E-state index contributed by atoms with van der Waals surface area (Å²) in [6, 6.07) is 0. The van der Waals surface area contributed by atoms with E-state index in [4.69, 9.17) is 20.4 Å². The number of aliphatic carboxylic acids is 1. The Balaban J connectivity index is 4.45. The van der Waals surface area contributed by atoms with Crippen molar-refractivity contribution in [3.05, 3.63) is 0 Å². The van der Waals surface area contributed by atoms with Crippen molar-refractivity contribution in [1.29, 1.82) is 0 Å². The van der Waals surface area contributed by atoms with Crippen molar-refractivity contribution >= 4 is 5.97 Å². The number of carboxylic acid groups (broad SMARTS) is 1. The van der Waals surface area contributed by atoms with Gasteiger partial charge in [-0.15, -0.1) is 0 Å². The normalized spacial score (nSPS) is 18.9. The first-order valence-corrected chi connectivity index (χ1v) is 3.16. The lowest BCUT2D eigenvalue weighted by Gasteiger charge is -2.25. The maximum atomic E-state index is 10.3. The molecule has 4 N–H and O–H groups in total. The zero-order valence-corrected chi connectivity index (χ0v) is 6.19. The van der Waals surface area contributed by atoms with Gasteiger partial charge in [-0.3, -0.25) is 0 Å². The molecule has 0 heterocycles. The smallest absolute Gasteiger partial charge is 0.338 e. The van der Waals surface area contributed by atoms with Crippen LogP contribution in [0.25, 0.3) is 0 Å². The predicted molar refractivity (Wildman–Crippen MR) is 35.9 cm³/mol. The summed E-state index contributed by atoms with van der Waals surface area (Å²) >= 11 is 0. The predicted octanol–water partition coefficient (Wildman–Crippen LogP) is -1.58. The molecule has 0 fully saturated rings. The minimum absolute atomic E-state index is 0.483. The largest absolute Gasteiger partial charge is 0.479 e. The Morgan fingerprint density at radius 1 is 1.55 bits per heavy atom. The van der Waals surface area contributed by atoms with Gasteiger partial charge < -0.3 is 20.4 Å². The molecule has 5 nitrogen and oxygen atoms in total. The summed E-state index contributed by atoms with van der Waals surface area (Å²) in [5.74, 6) is -2.41. The first-order chi connectivity index (χ1) is 4.99. The average molecular weight is 164 g/mol. The molecule has 0 spiro atoms. The average Bonchev–Trinajstić information content (AvgIpc) is 2.01. The minimum Gasteiger partial charge on any atom is -0.479 e. The maximum absolute atomic E-state index is 10.3. The van der Waals surface area contributed by atoms with Gasteiger partial charge >= 0.3 is 5.97 Å². The van der Waals surface area contributed by atoms with Crippen LogP contribution in [0.2, 0.25) is 0 Å². The molecule has 0 radical (unpaired) electrons. The molecule has 0 rings (SSSR count). The SMILES string of the molecule is CC(CO)C(O)(CO)C(=O)O. The van der Waals surface area contributed by atoms with Crippen LogP contribution in [0.1, 0.15) is 6.92 Å². The highest BCUT2D eigenvalue weighted by atomic mass is 16.4. The molecule has 0 aromatic heterocycles. The van der Waals surface area contributed by atoms with Gasteiger partial charge in [-0.1, -0.05) is 6.92 Å². The number of rotatable bonds is 4. The van der Waals surface area contributed by atoms with E-state index in [1.54, 1.807) is 0 Å². The molecule has 0 bridgehead atoms. The van der Waals surface area contributed by atoms with Crippen LogP contribution in [-0.2, 0) is 4.79 Å². The Morgan fingerprint density at radius 3 is 2.09 bits per heavy atom. The van der Waals surface area contributed by atoms with Crippen LogP contribution in [0.5, 0.6) is 0 Å². The summed E-state index contributed by atoms with van der Waals surface area (Å²) in [6.45, 7) is -0.0439. The summed E-state index contributed by atoms with van der Waals surface area (Å²) in [6.07, 6.45) is 0. The lowest BCUT2D eigenvalue weighted by atomic mass is 9.90. The van der Waals surface area contributed by atoms with E-state index in [2.05, 4.69) is 0 Å². The van der Waals surface area contributed by atoms with E-state index >= 15 is 0 Å². The number of carbonyl (C=O) groups is 1. The van der Waals surface area contributed by atoms with Gasteiger partial charge in [0.1, 0.15) is 0 Å². The molecule has 0 saturated heterocycles. The highest BCUT2D eigenvalue weighted by Gasteiger charge is 2.40. The van der Waals surface area contributed by atoms with Crippen LogP contribution >= 0.6 is 0 Å². The van der Waals surface area contributed by atoms with Crippen LogP contribution in [0.4, 0.5) is 0 Å². The third-order valence-corrected chi connectivity index (χ3v) is 1.70. The number of aliphatic hydroxyl groups is 3. The summed E-state index contributed by atoms with van der Waals surface area (Å²) in [7, 11) is 0. The van der Waals surface area contributed by atoms with E-state index in [9.17, 15) is 4.79 Å². The summed E-state index contributed by atoms with van der Waals surface area (Å²) in [5.41, 5.74) is -2.23. The van der Waals surface area contributed by atoms with Crippen molar-refractivity contribution in [3.63, 3.8) is 0 Å². The molecule has 0 aliphatic heterocycles. The van der Waals surface area contributed by atoms with Crippen molar-refractivity contribution in [2.24, 2.45) is 5.92 Å². The quantitative estimate of drug-likeness (QED) is 0.402. The van der Waals surface area contributed by atoms with Gasteiger partial charge in [-0.2, -0.15) is 0 Å². The van der Waals surface area contributed by atoms with Crippen molar-refractivity contribution in [2.75, 3.05) is 13.2 Å². The van der Waals surface area contributed by atoms with Gasteiger partial charge in [-0.05, 0) is 0 Å². The summed E-state index contributed by atoms with van der Waals surface area (Å²) in [4.78, 5) is 10.3. The zero-order chi connectivity index (χ0) is 9.07. The van der Waals surface area contributed by atoms with Crippen molar-refractivity contribution < 1.29 is 25.2 Å². The second-order valence-corrected chi connectivity index (χ2v) is 2.47. The fourth-order valence-electron chi connectivity index (χ4n) is 0.585. The monoisotopic (exact) mass is 164 g/mol. The fraction of sp³-hybridized carbons (Fsp3) is 0.833. The second kappa shape index (κ2) is 3.66. The first kappa shape index (κ1) is 10.3. The highest BCUT2D eigenvalue weighted by Crippen LogP contribution is 2.16. The number of hydrogen-bond acceptors (Lipinski definition) is 4. The van der Waals surface area contributed by atoms with Crippen LogP contribution < -0.4 is 0 Å². The summed E-state index contributed by atoms with van der Waals surface area (Å²) < 4.78 is 0. The Labute approximate surface area is 63.9 Å². The van der Waals surface area contributed by atoms with E-state index in [0.29, 0.717) is 0 Å². The molecular weight excluding hydrogens is 152 g/mol. The van der Waals surface area contributed by atoms with Gasteiger partial charge in [0, 0.05) is 12.5 Å². The topological polar surface area (TPSA) is 98.0 Å². The van der Waals surface area contributed by atoms with Crippen LogP contribution in [0, 0.1) is 5.92 Å². The highest BCUT2D eigenvalue weighted by molar-refractivity contribution is 5.77. The maximum Gasteiger partial charge on any atom is 0.338 e. The van der Waals surface area contributed by atoms with Crippen LogP contribution in [0.3, 0.4) is 0 Å². The molecule has 0 amide bonds. The molecule has 0 aromatic rings. The molecule has 5 heteroatoms. The van der Waals surface area contributed by atoms with Crippen molar-refractivity contribution in [3.8, 4) is 0 Å². The Kier molecular flexibility index (Phi) is 3.44. The Morgan fingerprint density at radius 2 is 2.00 bits per heavy atom. The van der Waals surface area contributed by atoms with Crippen LogP contribution in [-0.4, -0.2) is 45.2 Å². The molecule has 0 saturated carbocycles. The molecule has 0 aliphatic rings. The van der Waals surface area contributed by atoms with E-state index in [1.807, 2.05) is 0 Å². The number of carboxylic acids is 1. The van der Waals surface area contributed by atoms with E-state index in [1.165, 1.54) is 6.92 Å². The lowest BCUT2D eigenvalue weighted by Crippen LogP contribution is -2.49. The molecule has 0 aliphatic carbocycles. The zero-order valence-electron chi connectivity index (χ0n) is 6.19. The minimum atomic E-state index is -2.23. The first-order valence-electron chi connectivity index (χ1n) is 3.16. The molecule has 66 valence electrons. The second-order valence-electron chi connectivity index (χ2n) is 2.47. The van der Waals surface area contributed by atoms with Crippen molar-refractivity contribution in [2.45, 2.75) is 12.5 Å². The van der Waals surface area contributed by atoms with Gasteiger partial charge in [0.25, 0.3) is 0 Å². The summed E-state index contributed by atoms with van der Waals surface area (Å²) in [5, 5.41) is 34.6. The number of hydrogen-bond donors (Lipinski definition) is 4. The third kappa shape index (κ3) is 1.89. The molecule has 2 atom stereocenters. The fourth-order valence-corrected chi connectivity index (χ4v) is 0.585. The van der Waals surface area contributed by atoms with Crippen molar-refractivity contribution in [1.82, 2.24) is 0 Å². The van der Waals surface area contributed by atoms with Gasteiger partial charge in [0.15, 0.2) is 5.60 Å². The number of aliphatic hydroxyl groups excluding tert-OH is 2. The third-order valence-electron chi connectivity index (χ3n) is 1.70. The van der Waals surface area contributed by atoms with E-state index in [-0.39, 0.29) is 0 Å². The molecule has 11 heavy (non-hydrogen) atoms. The Bertz CT molecular complexity index is 146. The lowest BCUT2D eigenvalue weighted by molar-refractivity contribution is -0.171.